The average Bonchev–Trinajstić information content (AvgIpc) is 2.37. The first kappa shape index (κ1) is 15.8. The number of nitro benzene ring substituents is 1. The molecule has 0 atom stereocenters. The van der Waals surface area contributed by atoms with Crippen LogP contribution in [0.2, 0.25) is 0 Å². The summed E-state index contributed by atoms with van der Waals surface area (Å²) < 4.78 is 39.6. The molecule has 1 aliphatic heterocycles. The zero-order valence-corrected chi connectivity index (χ0v) is 12.5. The van der Waals surface area contributed by atoms with Crippen LogP contribution in [0.4, 0.5) is 10.1 Å². The number of sulfonamides is 1. The SMILES string of the molecule is CC1(C)CN(S(=O)(=O)c2ccc(F)c([N+](=O)[O-])c2)CCN1. The third-order valence-corrected chi connectivity index (χ3v) is 5.13. The van der Waals surface area contributed by atoms with E-state index in [9.17, 15) is 22.9 Å². The first-order valence-electron chi connectivity index (χ1n) is 6.33. The van der Waals surface area contributed by atoms with E-state index >= 15 is 0 Å². The van der Waals surface area contributed by atoms with Crippen LogP contribution in [-0.4, -0.2) is 42.8 Å². The van der Waals surface area contributed by atoms with Gasteiger partial charge in [-0.3, -0.25) is 10.1 Å². The van der Waals surface area contributed by atoms with Gasteiger partial charge >= 0.3 is 5.69 Å². The number of hydrogen-bond acceptors (Lipinski definition) is 5. The molecule has 0 amide bonds. The van der Waals surface area contributed by atoms with E-state index in [4.69, 9.17) is 0 Å². The summed E-state index contributed by atoms with van der Waals surface area (Å²) in [4.78, 5) is 9.52. The van der Waals surface area contributed by atoms with Crippen molar-refractivity contribution in [2.24, 2.45) is 0 Å². The van der Waals surface area contributed by atoms with Crippen LogP contribution in [0.3, 0.4) is 0 Å². The monoisotopic (exact) mass is 317 g/mol. The lowest BCUT2D eigenvalue weighted by Crippen LogP contribution is -2.58. The summed E-state index contributed by atoms with van der Waals surface area (Å²) >= 11 is 0. The van der Waals surface area contributed by atoms with Gasteiger partial charge in [-0.1, -0.05) is 0 Å². The number of nitrogens with zero attached hydrogens (tertiary/aromatic N) is 2. The predicted molar refractivity (Wildman–Crippen MR) is 73.9 cm³/mol. The average molecular weight is 317 g/mol. The number of benzene rings is 1. The summed E-state index contributed by atoms with van der Waals surface area (Å²) in [6, 6.07) is 2.62. The molecule has 0 spiro atoms. The number of nitrogens with one attached hydrogen (secondary N) is 1. The molecular weight excluding hydrogens is 301 g/mol. The topological polar surface area (TPSA) is 92.5 Å². The normalized spacial score (nSPS) is 19.4. The largest absolute Gasteiger partial charge is 0.309 e. The minimum absolute atomic E-state index is 0.237. The van der Waals surface area contributed by atoms with E-state index in [1.54, 1.807) is 0 Å². The first-order chi connectivity index (χ1) is 9.63. The lowest BCUT2D eigenvalue weighted by Gasteiger charge is -2.38. The van der Waals surface area contributed by atoms with Crippen molar-refractivity contribution in [2.45, 2.75) is 24.3 Å². The maximum Gasteiger partial charge on any atom is 0.306 e. The molecule has 1 fully saturated rings. The van der Waals surface area contributed by atoms with Crippen molar-refractivity contribution < 1.29 is 17.7 Å². The summed E-state index contributed by atoms with van der Waals surface area (Å²) in [5.41, 5.74) is -1.23. The molecule has 116 valence electrons. The molecule has 0 aliphatic carbocycles. The summed E-state index contributed by atoms with van der Waals surface area (Å²) in [7, 11) is -3.88. The fourth-order valence-electron chi connectivity index (χ4n) is 2.24. The van der Waals surface area contributed by atoms with Crippen molar-refractivity contribution >= 4 is 15.7 Å². The highest BCUT2D eigenvalue weighted by Gasteiger charge is 2.34. The molecule has 1 heterocycles. The molecule has 21 heavy (non-hydrogen) atoms. The van der Waals surface area contributed by atoms with Crippen LogP contribution in [0.15, 0.2) is 23.1 Å². The van der Waals surface area contributed by atoms with Crippen molar-refractivity contribution in [2.75, 3.05) is 19.6 Å². The fourth-order valence-corrected chi connectivity index (χ4v) is 3.86. The zero-order valence-electron chi connectivity index (χ0n) is 11.7. The quantitative estimate of drug-likeness (QED) is 0.666. The Labute approximate surface area is 122 Å². The van der Waals surface area contributed by atoms with Gasteiger partial charge in [-0.25, -0.2) is 8.42 Å². The van der Waals surface area contributed by atoms with E-state index in [2.05, 4.69) is 5.32 Å². The summed E-state index contributed by atoms with van der Waals surface area (Å²) in [6.45, 7) is 4.70. The number of hydrogen-bond donors (Lipinski definition) is 1. The second kappa shape index (κ2) is 5.32. The van der Waals surface area contributed by atoms with Gasteiger partial charge in [-0.2, -0.15) is 8.70 Å². The molecule has 0 saturated carbocycles. The fraction of sp³-hybridized carbons (Fsp3) is 0.500. The second-order valence-corrected chi connectivity index (χ2v) is 7.46. The Morgan fingerprint density at radius 2 is 2.10 bits per heavy atom. The lowest BCUT2D eigenvalue weighted by molar-refractivity contribution is -0.387. The number of piperazine rings is 1. The Balaban J connectivity index is 2.40. The molecule has 1 aromatic carbocycles. The molecule has 0 unspecified atom stereocenters. The molecule has 0 aromatic heterocycles. The maximum absolute atomic E-state index is 13.3. The van der Waals surface area contributed by atoms with Gasteiger partial charge in [0.2, 0.25) is 15.8 Å². The van der Waals surface area contributed by atoms with E-state index in [1.807, 2.05) is 13.8 Å². The molecule has 2 rings (SSSR count). The third kappa shape index (κ3) is 3.20. The molecule has 0 bridgehead atoms. The van der Waals surface area contributed by atoms with Gasteiger partial charge in [0.15, 0.2) is 0 Å². The molecule has 1 saturated heterocycles. The summed E-state index contributed by atoms with van der Waals surface area (Å²) in [5, 5.41) is 13.9. The molecule has 1 aromatic rings. The van der Waals surface area contributed by atoms with Crippen molar-refractivity contribution in [1.29, 1.82) is 0 Å². The molecule has 1 N–H and O–H groups in total. The van der Waals surface area contributed by atoms with Gasteiger partial charge in [-0.15, -0.1) is 0 Å². The minimum atomic E-state index is -3.88. The van der Waals surface area contributed by atoms with E-state index in [1.165, 1.54) is 4.31 Å². The summed E-state index contributed by atoms with van der Waals surface area (Å²) in [5.74, 6) is -1.06. The van der Waals surface area contributed by atoms with Gasteiger partial charge in [0.1, 0.15) is 0 Å². The van der Waals surface area contributed by atoms with E-state index in [0.717, 1.165) is 18.2 Å². The predicted octanol–water partition coefficient (Wildman–Crippen LogP) is 1.11. The molecule has 9 heteroatoms. The van der Waals surface area contributed by atoms with E-state index < -0.39 is 32.0 Å². The number of rotatable bonds is 3. The van der Waals surface area contributed by atoms with Gasteiger partial charge in [0.05, 0.1) is 9.82 Å². The minimum Gasteiger partial charge on any atom is -0.309 e. The van der Waals surface area contributed by atoms with Crippen LogP contribution in [0.1, 0.15) is 13.8 Å². The van der Waals surface area contributed by atoms with Crippen LogP contribution >= 0.6 is 0 Å². The van der Waals surface area contributed by atoms with Crippen LogP contribution in [0.25, 0.3) is 0 Å². The Morgan fingerprint density at radius 3 is 2.67 bits per heavy atom. The van der Waals surface area contributed by atoms with Crippen molar-refractivity contribution in [1.82, 2.24) is 9.62 Å². The van der Waals surface area contributed by atoms with E-state index in [-0.39, 0.29) is 18.0 Å². The third-order valence-electron chi connectivity index (χ3n) is 3.29. The maximum atomic E-state index is 13.3. The Bertz CT molecular complexity index is 675. The van der Waals surface area contributed by atoms with Crippen LogP contribution < -0.4 is 5.32 Å². The highest BCUT2D eigenvalue weighted by molar-refractivity contribution is 7.89. The van der Waals surface area contributed by atoms with Crippen LogP contribution in [-0.2, 0) is 10.0 Å². The van der Waals surface area contributed by atoms with Crippen LogP contribution in [0.5, 0.6) is 0 Å². The number of halogens is 1. The second-order valence-electron chi connectivity index (χ2n) is 5.52. The smallest absolute Gasteiger partial charge is 0.306 e. The van der Waals surface area contributed by atoms with Gasteiger partial charge < -0.3 is 5.32 Å². The van der Waals surface area contributed by atoms with Gasteiger partial charge in [0, 0.05) is 31.2 Å². The highest BCUT2D eigenvalue weighted by Crippen LogP contribution is 2.25. The van der Waals surface area contributed by atoms with Gasteiger partial charge in [-0.05, 0) is 26.0 Å². The standard InChI is InChI=1S/C12H16FN3O4S/c1-12(2)8-15(6-5-14-12)21(19,20)9-3-4-10(13)11(7-9)16(17)18/h3-4,7,14H,5-6,8H2,1-2H3. The Kier molecular flexibility index (Phi) is 4.00. The highest BCUT2D eigenvalue weighted by atomic mass is 32.2. The lowest BCUT2D eigenvalue weighted by atomic mass is 10.0. The molecule has 1 aliphatic rings. The van der Waals surface area contributed by atoms with Crippen molar-refractivity contribution in [3.63, 3.8) is 0 Å². The van der Waals surface area contributed by atoms with Crippen molar-refractivity contribution in [3.8, 4) is 0 Å². The number of nitro groups is 1. The van der Waals surface area contributed by atoms with Crippen molar-refractivity contribution in [3.05, 3.63) is 34.1 Å². The Hall–Kier alpha value is -1.58. The van der Waals surface area contributed by atoms with Crippen LogP contribution in [0, 0.1) is 15.9 Å². The first-order valence-corrected chi connectivity index (χ1v) is 7.77. The Morgan fingerprint density at radius 1 is 1.43 bits per heavy atom. The molecular formula is C12H16FN3O4S. The summed E-state index contributed by atoms with van der Waals surface area (Å²) in [6.07, 6.45) is 0. The van der Waals surface area contributed by atoms with Gasteiger partial charge in [0.25, 0.3) is 0 Å². The molecule has 7 nitrogen and oxygen atoms in total. The molecule has 0 radical (unpaired) electrons. The zero-order chi connectivity index (χ0) is 15.8. The van der Waals surface area contributed by atoms with E-state index in [0.29, 0.717) is 6.54 Å².